The Labute approximate surface area is 92.4 Å². The molecule has 0 saturated carbocycles. The predicted octanol–water partition coefficient (Wildman–Crippen LogP) is 4.07. The summed E-state index contributed by atoms with van der Waals surface area (Å²) in [7, 11) is 0. The van der Waals surface area contributed by atoms with Crippen LogP contribution in [0.15, 0.2) is 30.5 Å². The number of thiophene rings is 1. The van der Waals surface area contributed by atoms with Crippen LogP contribution in [-0.2, 0) is 0 Å². The predicted molar refractivity (Wildman–Crippen MR) is 66.6 cm³/mol. The Bertz CT molecular complexity index is 652. The minimum atomic E-state index is 1.09. The van der Waals surface area contributed by atoms with Crippen LogP contribution in [0.3, 0.4) is 0 Å². The molecular formula is C13H11NS. The van der Waals surface area contributed by atoms with Gasteiger partial charge in [-0.2, -0.15) is 0 Å². The van der Waals surface area contributed by atoms with Crippen LogP contribution in [0.4, 0.5) is 0 Å². The van der Waals surface area contributed by atoms with Gasteiger partial charge in [0.05, 0.1) is 5.52 Å². The fraction of sp³-hybridized carbons (Fsp3) is 0.154. The van der Waals surface area contributed by atoms with Gasteiger partial charge in [-0.25, -0.2) is 0 Å². The Morgan fingerprint density at radius 3 is 2.93 bits per heavy atom. The minimum absolute atomic E-state index is 1.09. The molecule has 2 aromatic heterocycles. The maximum absolute atomic E-state index is 4.39. The van der Waals surface area contributed by atoms with Crippen LogP contribution in [0.1, 0.15) is 10.4 Å². The van der Waals surface area contributed by atoms with Crippen LogP contribution in [-0.4, -0.2) is 4.98 Å². The minimum Gasteiger partial charge on any atom is -0.256 e. The van der Waals surface area contributed by atoms with Crippen molar-refractivity contribution in [3.63, 3.8) is 0 Å². The molecule has 0 saturated heterocycles. The van der Waals surface area contributed by atoms with Gasteiger partial charge in [-0.1, -0.05) is 6.07 Å². The highest BCUT2D eigenvalue weighted by Crippen LogP contribution is 2.32. The van der Waals surface area contributed by atoms with Gasteiger partial charge in [0.25, 0.3) is 0 Å². The van der Waals surface area contributed by atoms with Crippen LogP contribution < -0.4 is 0 Å². The number of rotatable bonds is 0. The van der Waals surface area contributed by atoms with E-state index in [2.05, 4.69) is 37.0 Å². The van der Waals surface area contributed by atoms with Crippen molar-refractivity contribution in [3.05, 3.63) is 40.9 Å². The second-order valence-corrected chi connectivity index (χ2v) is 5.08. The van der Waals surface area contributed by atoms with Crippen molar-refractivity contribution in [2.45, 2.75) is 13.8 Å². The molecule has 2 heterocycles. The van der Waals surface area contributed by atoms with Crippen molar-refractivity contribution in [1.29, 1.82) is 0 Å². The summed E-state index contributed by atoms with van der Waals surface area (Å²) >= 11 is 1.87. The summed E-state index contributed by atoms with van der Waals surface area (Å²) in [4.78, 5) is 5.79. The van der Waals surface area contributed by atoms with E-state index in [9.17, 15) is 0 Å². The van der Waals surface area contributed by atoms with Gasteiger partial charge in [0.2, 0.25) is 0 Å². The summed E-state index contributed by atoms with van der Waals surface area (Å²) < 4.78 is 1.37. The monoisotopic (exact) mass is 213 g/mol. The SMILES string of the molecule is Cc1sc2cc3cccnc3cc2c1C. The van der Waals surface area contributed by atoms with E-state index in [0.717, 1.165) is 5.52 Å². The first-order chi connectivity index (χ1) is 7.25. The molecule has 0 bridgehead atoms. The van der Waals surface area contributed by atoms with Gasteiger partial charge in [-0.15, -0.1) is 11.3 Å². The van der Waals surface area contributed by atoms with Crippen molar-refractivity contribution in [3.8, 4) is 0 Å². The number of nitrogens with zero attached hydrogens (tertiary/aromatic N) is 1. The van der Waals surface area contributed by atoms with E-state index in [-0.39, 0.29) is 0 Å². The quantitative estimate of drug-likeness (QED) is 0.548. The van der Waals surface area contributed by atoms with Crippen molar-refractivity contribution < 1.29 is 0 Å². The normalized spacial score (nSPS) is 11.3. The molecular weight excluding hydrogens is 202 g/mol. The Hall–Kier alpha value is -1.41. The number of pyridine rings is 1. The van der Waals surface area contributed by atoms with E-state index in [1.807, 2.05) is 23.6 Å². The summed E-state index contributed by atoms with van der Waals surface area (Å²) in [6, 6.07) is 8.54. The fourth-order valence-electron chi connectivity index (χ4n) is 1.91. The van der Waals surface area contributed by atoms with Gasteiger partial charge in [0.1, 0.15) is 0 Å². The summed E-state index contributed by atoms with van der Waals surface area (Å²) in [6.07, 6.45) is 1.85. The van der Waals surface area contributed by atoms with Crippen LogP contribution in [0.5, 0.6) is 0 Å². The van der Waals surface area contributed by atoms with Crippen LogP contribution >= 0.6 is 11.3 Å². The van der Waals surface area contributed by atoms with E-state index in [1.54, 1.807) is 0 Å². The molecule has 0 amide bonds. The van der Waals surface area contributed by atoms with E-state index < -0.39 is 0 Å². The van der Waals surface area contributed by atoms with Gasteiger partial charge in [0, 0.05) is 21.2 Å². The first-order valence-electron chi connectivity index (χ1n) is 5.00. The Morgan fingerprint density at radius 1 is 1.20 bits per heavy atom. The van der Waals surface area contributed by atoms with Gasteiger partial charge in [0.15, 0.2) is 0 Å². The Morgan fingerprint density at radius 2 is 2.07 bits per heavy atom. The highest BCUT2D eigenvalue weighted by atomic mass is 32.1. The molecule has 0 N–H and O–H groups in total. The molecule has 15 heavy (non-hydrogen) atoms. The number of benzene rings is 1. The molecule has 1 nitrogen and oxygen atoms in total. The summed E-state index contributed by atoms with van der Waals surface area (Å²) in [5, 5.41) is 2.58. The fourth-order valence-corrected chi connectivity index (χ4v) is 3.01. The standard InChI is InChI=1S/C13H11NS/c1-8-9(2)15-13-6-10-4-3-5-14-12(10)7-11(8)13/h3-7H,1-2H3. The first kappa shape index (κ1) is 8.86. The third kappa shape index (κ3) is 1.25. The van der Waals surface area contributed by atoms with Crippen LogP contribution in [0.2, 0.25) is 0 Å². The summed E-state index contributed by atoms with van der Waals surface area (Å²) in [5.74, 6) is 0. The smallest absolute Gasteiger partial charge is 0.0709 e. The second-order valence-electron chi connectivity index (χ2n) is 3.83. The lowest BCUT2D eigenvalue weighted by Crippen LogP contribution is -1.77. The molecule has 0 aliphatic heterocycles. The maximum Gasteiger partial charge on any atom is 0.0709 e. The van der Waals surface area contributed by atoms with Crippen molar-refractivity contribution in [1.82, 2.24) is 4.98 Å². The number of hydrogen-bond donors (Lipinski definition) is 0. The molecule has 74 valence electrons. The topological polar surface area (TPSA) is 12.9 Å². The lowest BCUT2D eigenvalue weighted by Gasteiger charge is -1.97. The van der Waals surface area contributed by atoms with Crippen molar-refractivity contribution >= 4 is 32.3 Å². The highest BCUT2D eigenvalue weighted by molar-refractivity contribution is 7.19. The van der Waals surface area contributed by atoms with Gasteiger partial charge in [-0.05, 0) is 43.0 Å². The molecule has 0 spiro atoms. The molecule has 0 unspecified atom stereocenters. The van der Waals surface area contributed by atoms with E-state index in [4.69, 9.17) is 0 Å². The summed E-state index contributed by atoms with van der Waals surface area (Å²) in [5.41, 5.74) is 2.48. The summed E-state index contributed by atoms with van der Waals surface area (Å²) in [6.45, 7) is 4.36. The molecule has 0 fully saturated rings. The number of hydrogen-bond acceptors (Lipinski definition) is 2. The zero-order valence-corrected chi connectivity index (χ0v) is 9.56. The maximum atomic E-state index is 4.39. The van der Waals surface area contributed by atoms with Crippen molar-refractivity contribution in [2.24, 2.45) is 0 Å². The van der Waals surface area contributed by atoms with Gasteiger partial charge < -0.3 is 0 Å². The highest BCUT2D eigenvalue weighted by Gasteiger charge is 2.06. The van der Waals surface area contributed by atoms with E-state index in [0.29, 0.717) is 0 Å². The Balaban J connectivity index is 2.53. The zero-order valence-electron chi connectivity index (χ0n) is 8.74. The largest absolute Gasteiger partial charge is 0.256 e. The second kappa shape index (κ2) is 3.04. The number of aromatic nitrogens is 1. The molecule has 3 aromatic rings. The average Bonchev–Trinajstić information content (AvgIpc) is 2.52. The molecule has 0 aliphatic rings. The number of aryl methyl sites for hydroxylation is 2. The Kier molecular flexibility index (Phi) is 1.80. The number of fused-ring (bicyclic) bond motifs is 2. The van der Waals surface area contributed by atoms with Crippen LogP contribution in [0.25, 0.3) is 21.0 Å². The van der Waals surface area contributed by atoms with Crippen LogP contribution in [0, 0.1) is 13.8 Å². The third-order valence-electron chi connectivity index (χ3n) is 2.90. The lowest BCUT2D eigenvalue weighted by molar-refractivity contribution is 1.42. The van der Waals surface area contributed by atoms with E-state index in [1.165, 1.54) is 25.9 Å². The average molecular weight is 213 g/mol. The molecule has 1 aromatic carbocycles. The molecule has 0 aliphatic carbocycles. The molecule has 3 rings (SSSR count). The molecule has 2 heteroatoms. The third-order valence-corrected chi connectivity index (χ3v) is 4.07. The van der Waals surface area contributed by atoms with Gasteiger partial charge in [-0.3, -0.25) is 4.98 Å². The molecule has 0 radical (unpaired) electrons. The van der Waals surface area contributed by atoms with Gasteiger partial charge >= 0.3 is 0 Å². The van der Waals surface area contributed by atoms with Crippen molar-refractivity contribution in [2.75, 3.05) is 0 Å². The van der Waals surface area contributed by atoms with E-state index >= 15 is 0 Å². The lowest BCUT2D eigenvalue weighted by atomic mass is 10.1. The first-order valence-corrected chi connectivity index (χ1v) is 5.82. The molecule has 0 atom stereocenters. The zero-order chi connectivity index (χ0) is 10.4.